The summed E-state index contributed by atoms with van der Waals surface area (Å²) in [5.74, 6) is -0.180. The topological polar surface area (TPSA) is 76.1 Å². The lowest BCUT2D eigenvalue weighted by molar-refractivity contribution is -0.115. The van der Waals surface area contributed by atoms with Crippen molar-refractivity contribution in [2.75, 3.05) is 30.4 Å². The summed E-state index contributed by atoms with van der Waals surface area (Å²) >= 11 is 14.8. The maximum Gasteiger partial charge on any atom is 0.237 e. The Bertz CT molecular complexity index is 730. The number of rotatable bonds is 10. The number of carbonyl (C=O) groups is 1. The molecule has 142 valence electrons. The molecule has 0 bridgehead atoms. The number of hydrogen-bond donors (Lipinski definition) is 2. The number of hydrogen-bond acceptors (Lipinski definition) is 7. The van der Waals surface area contributed by atoms with Gasteiger partial charge in [0.05, 0.1) is 16.0 Å². The molecule has 26 heavy (non-hydrogen) atoms. The molecule has 2 rings (SSSR count). The van der Waals surface area contributed by atoms with Crippen LogP contribution in [0.3, 0.4) is 0 Å². The summed E-state index contributed by atoms with van der Waals surface area (Å²) < 4.78 is 6.00. The molecular formula is C16H20Cl2N4O2S2. The highest BCUT2D eigenvalue weighted by atomic mass is 35.5. The number of thioether (sulfide) groups is 1. The predicted octanol–water partition coefficient (Wildman–Crippen LogP) is 4.80. The Balaban J connectivity index is 1.82. The minimum Gasteiger partial charge on any atom is -0.382 e. The SMILES string of the molecule is CCOCCCNc1nnc(SC(C)C(=O)Nc2cc(Cl)ccc2Cl)s1. The van der Waals surface area contributed by atoms with Gasteiger partial charge in [0.15, 0.2) is 4.34 Å². The maximum atomic E-state index is 12.4. The Hall–Kier alpha value is -1.06. The standard InChI is InChI=1S/C16H20Cl2N4O2S2/c1-3-24-8-4-7-19-15-21-22-16(26-15)25-10(2)14(23)20-13-9-11(17)5-6-12(13)18/h5-6,9-10H,3-4,7-8H2,1-2H3,(H,19,21)(H,20,23). The molecule has 6 nitrogen and oxygen atoms in total. The van der Waals surface area contributed by atoms with Crippen LogP contribution in [-0.2, 0) is 9.53 Å². The average molecular weight is 435 g/mol. The maximum absolute atomic E-state index is 12.4. The fourth-order valence-electron chi connectivity index (χ4n) is 1.88. The van der Waals surface area contributed by atoms with Gasteiger partial charge < -0.3 is 15.4 Å². The van der Waals surface area contributed by atoms with Crippen LogP contribution in [0.5, 0.6) is 0 Å². The minimum atomic E-state index is -0.358. The van der Waals surface area contributed by atoms with Gasteiger partial charge in [0.1, 0.15) is 0 Å². The van der Waals surface area contributed by atoms with E-state index in [9.17, 15) is 4.79 Å². The molecule has 0 radical (unpaired) electrons. The van der Waals surface area contributed by atoms with Crippen LogP contribution in [0.25, 0.3) is 0 Å². The highest BCUT2D eigenvalue weighted by molar-refractivity contribution is 8.02. The van der Waals surface area contributed by atoms with Gasteiger partial charge in [0, 0.05) is 24.8 Å². The normalized spacial score (nSPS) is 12.0. The number of aromatic nitrogens is 2. The zero-order valence-corrected chi connectivity index (χ0v) is 17.6. The summed E-state index contributed by atoms with van der Waals surface area (Å²) in [7, 11) is 0. The predicted molar refractivity (Wildman–Crippen MR) is 110 cm³/mol. The first kappa shape index (κ1) is 21.2. The molecule has 0 saturated heterocycles. The second-order valence-corrected chi connectivity index (χ2v) is 8.63. The fourth-order valence-corrected chi connectivity index (χ4v) is 4.13. The van der Waals surface area contributed by atoms with E-state index in [0.717, 1.165) is 29.0 Å². The van der Waals surface area contributed by atoms with Gasteiger partial charge in [-0.1, -0.05) is 46.3 Å². The number of amides is 1. The van der Waals surface area contributed by atoms with Crippen LogP contribution in [0.1, 0.15) is 20.3 Å². The van der Waals surface area contributed by atoms with E-state index >= 15 is 0 Å². The summed E-state index contributed by atoms with van der Waals surface area (Å²) in [4.78, 5) is 12.4. The largest absolute Gasteiger partial charge is 0.382 e. The molecule has 0 saturated carbocycles. The van der Waals surface area contributed by atoms with Gasteiger partial charge in [-0.25, -0.2) is 0 Å². The van der Waals surface area contributed by atoms with E-state index in [1.165, 1.54) is 23.1 Å². The van der Waals surface area contributed by atoms with Gasteiger partial charge >= 0.3 is 0 Å². The molecule has 0 aliphatic rings. The van der Waals surface area contributed by atoms with Crippen LogP contribution in [0.15, 0.2) is 22.5 Å². The molecule has 1 amide bonds. The van der Waals surface area contributed by atoms with Crippen molar-refractivity contribution in [1.29, 1.82) is 0 Å². The number of carbonyl (C=O) groups excluding carboxylic acids is 1. The number of benzene rings is 1. The lowest BCUT2D eigenvalue weighted by Gasteiger charge is -2.11. The Morgan fingerprint density at radius 3 is 2.96 bits per heavy atom. The van der Waals surface area contributed by atoms with E-state index < -0.39 is 0 Å². The lowest BCUT2D eigenvalue weighted by Crippen LogP contribution is -2.22. The van der Waals surface area contributed by atoms with Crippen molar-refractivity contribution in [2.45, 2.75) is 29.9 Å². The summed E-state index contributed by atoms with van der Waals surface area (Å²) in [6.45, 7) is 5.98. The van der Waals surface area contributed by atoms with E-state index in [2.05, 4.69) is 20.8 Å². The van der Waals surface area contributed by atoms with Crippen molar-refractivity contribution in [1.82, 2.24) is 10.2 Å². The molecule has 0 aliphatic carbocycles. The molecule has 0 spiro atoms. The van der Waals surface area contributed by atoms with E-state index in [1.54, 1.807) is 25.1 Å². The third-order valence-corrected chi connectivity index (χ3v) is 5.82. The molecule has 2 aromatic rings. The number of nitrogens with one attached hydrogen (secondary N) is 2. The molecule has 10 heteroatoms. The van der Waals surface area contributed by atoms with Gasteiger partial charge in [-0.3, -0.25) is 4.79 Å². The summed E-state index contributed by atoms with van der Waals surface area (Å²) in [6.07, 6.45) is 0.898. The molecule has 2 N–H and O–H groups in total. The number of anilines is 2. The lowest BCUT2D eigenvalue weighted by atomic mass is 10.3. The van der Waals surface area contributed by atoms with Crippen LogP contribution in [-0.4, -0.2) is 41.1 Å². The quantitative estimate of drug-likeness (QED) is 0.412. The number of ether oxygens (including phenoxy) is 1. The van der Waals surface area contributed by atoms with Crippen molar-refractivity contribution in [3.8, 4) is 0 Å². The van der Waals surface area contributed by atoms with Crippen molar-refractivity contribution < 1.29 is 9.53 Å². The molecular weight excluding hydrogens is 415 g/mol. The second-order valence-electron chi connectivity index (χ2n) is 5.22. The average Bonchev–Trinajstić information content (AvgIpc) is 3.05. The van der Waals surface area contributed by atoms with Crippen molar-refractivity contribution in [2.24, 2.45) is 0 Å². The zero-order valence-electron chi connectivity index (χ0n) is 14.4. The van der Waals surface area contributed by atoms with Gasteiger partial charge in [0.2, 0.25) is 11.0 Å². The van der Waals surface area contributed by atoms with Gasteiger partial charge in [0.25, 0.3) is 0 Å². The smallest absolute Gasteiger partial charge is 0.237 e. The van der Waals surface area contributed by atoms with Crippen LogP contribution in [0.4, 0.5) is 10.8 Å². The summed E-state index contributed by atoms with van der Waals surface area (Å²) in [5.41, 5.74) is 0.491. The third kappa shape index (κ3) is 6.92. The van der Waals surface area contributed by atoms with Gasteiger partial charge in [-0.15, -0.1) is 10.2 Å². The Kier molecular flexibility index (Phi) is 8.94. The van der Waals surface area contributed by atoms with E-state index in [0.29, 0.717) is 22.3 Å². The van der Waals surface area contributed by atoms with E-state index in [1.807, 2.05) is 6.92 Å². The highest BCUT2D eigenvalue weighted by Gasteiger charge is 2.18. The molecule has 0 aliphatic heterocycles. The summed E-state index contributed by atoms with van der Waals surface area (Å²) in [6, 6.07) is 4.93. The first-order valence-electron chi connectivity index (χ1n) is 8.07. The second kappa shape index (κ2) is 10.9. The Morgan fingerprint density at radius 1 is 1.38 bits per heavy atom. The minimum absolute atomic E-state index is 0.180. The Labute approximate surface area is 171 Å². The zero-order chi connectivity index (χ0) is 18.9. The molecule has 1 aromatic heterocycles. The van der Waals surface area contributed by atoms with Crippen LogP contribution in [0.2, 0.25) is 10.0 Å². The van der Waals surface area contributed by atoms with Crippen molar-refractivity contribution in [3.63, 3.8) is 0 Å². The molecule has 1 aromatic carbocycles. The Morgan fingerprint density at radius 2 is 2.19 bits per heavy atom. The van der Waals surface area contributed by atoms with Crippen molar-refractivity contribution in [3.05, 3.63) is 28.2 Å². The number of nitrogens with zero attached hydrogens (tertiary/aromatic N) is 2. The molecule has 1 unspecified atom stereocenters. The highest BCUT2D eigenvalue weighted by Crippen LogP contribution is 2.31. The molecule has 1 heterocycles. The van der Waals surface area contributed by atoms with Gasteiger partial charge in [-0.05, 0) is 38.5 Å². The first-order chi connectivity index (χ1) is 12.5. The summed E-state index contributed by atoms with van der Waals surface area (Å²) in [5, 5.41) is 15.5. The third-order valence-electron chi connectivity index (χ3n) is 3.19. The van der Waals surface area contributed by atoms with Crippen LogP contribution >= 0.6 is 46.3 Å². The monoisotopic (exact) mass is 434 g/mol. The molecule has 0 fully saturated rings. The van der Waals surface area contributed by atoms with E-state index in [-0.39, 0.29) is 11.2 Å². The van der Waals surface area contributed by atoms with E-state index in [4.69, 9.17) is 27.9 Å². The van der Waals surface area contributed by atoms with Crippen LogP contribution in [0, 0.1) is 0 Å². The fraction of sp³-hybridized carbons (Fsp3) is 0.438. The van der Waals surface area contributed by atoms with Gasteiger partial charge in [-0.2, -0.15) is 0 Å². The molecule has 1 atom stereocenters. The van der Waals surface area contributed by atoms with Crippen LogP contribution < -0.4 is 10.6 Å². The van der Waals surface area contributed by atoms with Crippen molar-refractivity contribution >= 4 is 63.0 Å². The first-order valence-corrected chi connectivity index (χ1v) is 10.5. The number of halogens is 2.